The fourth-order valence-corrected chi connectivity index (χ4v) is 3.81. The number of hydrogen-bond donors (Lipinski definition) is 2. The number of amides is 3. The van der Waals surface area contributed by atoms with Gasteiger partial charge in [0.2, 0.25) is 11.8 Å². The fraction of sp³-hybridized carbons (Fsp3) is 0.375. The van der Waals surface area contributed by atoms with E-state index in [-0.39, 0.29) is 12.3 Å². The molecule has 1 aliphatic carbocycles. The van der Waals surface area contributed by atoms with Crippen LogP contribution in [0.5, 0.6) is 0 Å². The zero-order valence-corrected chi connectivity index (χ0v) is 18.8. The molecular formula is C24H26F3N3O4. The van der Waals surface area contributed by atoms with Gasteiger partial charge in [-0.1, -0.05) is 30.3 Å². The molecule has 34 heavy (non-hydrogen) atoms. The second-order valence-electron chi connectivity index (χ2n) is 8.05. The van der Waals surface area contributed by atoms with Crippen LogP contribution < -0.4 is 15.5 Å². The number of nitrogens with one attached hydrogen (secondary N) is 2. The lowest BCUT2D eigenvalue weighted by molar-refractivity contribution is -0.132. The number of aryl methyl sites for hydroxylation is 1. The van der Waals surface area contributed by atoms with E-state index < -0.39 is 61.1 Å². The number of halogens is 3. The number of ether oxygens (including phenoxy) is 1. The number of alkyl carbamates (subject to hydrolysis) is 1. The molecule has 0 spiro atoms. The Kier molecular flexibility index (Phi) is 7.80. The van der Waals surface area contributed by atoms with E-state index in [1.807, 2.05) is 0 Å². The summed E-state index contributed by atoms with van der Waals surface area (Å²) in [4.78, 5) is 39.5. The molecule has 0 aliphatic heterocycles. The van der Waals surface area contributed by atoms with Crippen molar-refractivity contribution >= 4 is 23.6 Å². The quantitative estimate of drug-likeness (QED) is 0.604. The van der Waals surface area contributed by atoms with E-state index in [4.69, 9.17) is 4.74 Å². The topological polar surface area (TPSA) is 87.7 Å². The number of hydrogen-bond acceptors (Lipinski definition) is 4. The van der Waals surface area contributed by atoms with Crippen LogP contribution in [-0.4, -0.2) is 43.0 Å². The van der Waals surface area contributed by atoms with Gasteiger partial charge in [-0.2, -0.15) is 0 Å². The molecule has 1 unspecified atom stereocenters. The van der Waals surface area contributed by atoms with Gasteiger partial charge in [0.15, 0.2) is 0 Å². The van der Waals surface area contributed by atoms with E-state index >= 15 is 0 Å². The van der Waals surface area contributed by atoms with Crippen LogP contribution in [0.1, 0.15) is 36.9 Å². The van der Waals surface area contributed by atoms with Crippen molar-refractivity contribution in [3.63, 3.8) is 0 Å². The van der Waals surface area contributed by atoms with Crippen LogP contribution in [0.4, 0.5) is 23.7 Å². The first-order chi connectivity index (χ1) is 16.1. The number of nitrogens with zero attached hydrogens (tertiary/aromatic N) is 1. The van der Waals surface area contributed by atoms with Crippen molar-refractivity contribution in [1.29, 1.82) is 0 Å². The molecule has 2 aromatic rings. The number of carbonyl (C=O) groups excluding carboxylic acids is 3. The smallest absolute Gasteiger partial charge is 0.407 e. The largest absolute Gasteiger partial charge is 0.450 e. The molecule has 2 aromatic carbocycles. The van der Waals surface area contributed by atoms with Crippen LogP contribution in [0.25, 0.3) is 0 Å². The Labute approximate surface area is 195 Å². The van der Waals surface area contributed by atoms with Gasteiger partial charge in [0, 0.05) is 24.6 Å². The highest BCUT2D eigenvalue weighted by molar-refractivity contribution is 6.03. The Morgan fingerprint density at radius 2 is 1.85 bits per heavy atom. The SMILES string of the molecule is CCOC(=O)NCC(=O)N(c1cccc(F)c1)C(C(=O)NC1CC(F)(F)C1)c1ccccc1C. The Morgan fingerprint density at radius 1 is 1.15 bits per heavy atom. The average molecular weight is 477 g/mol. The second-order valence-corrected chi connectivity index (χ2v) is 8.05. The van der Waals surface area contributed by atoms with Crippen molar-refractivity contribution in [1.82, 2.24) is 10.6 Å². The van der Waals surface area contributed by atoms with Crippen LogP contribution in [0, 0.1) is 12.7 Å². The summed E-state index contributed by atoms with van der Waals surface area (Å²) in [7, 11) is 0. The molecular weight excluding hydrogens is 451 g/mol. The van der Waals surface area contributed by atoms with E-state index in [9.17, 15) is 27.6 Å². The normalized spacial score (nSPS) is 15.6. The summed E-state index contributed by atoms with van der Waals surface area (Å²) >= 11 is 0. The Bertz CT molecular complexity index is 1060. The first-order valence-corrected chi connectivity index (χ1v) is 10.8. The number of carbonyl (C=O) groups is 3. The monoisotopic (exact) mass is 477 g/mol. The lowest BCUT2D eigenvalue weighted by Gasteiger charge is -2.38. The van der Waals surface area contributed by atoms with Gasteiger partial charge < -0.3 is 15.4 Å². The average Bonchev–Trinajstić information content (AvgIpc) is 2.75. The van der Waals surface area contributed by atoms with Gasteiger partial charge in [-0.3, -0.25) is 14.5 Å². The maximum atomic E-state index is 14.1. The third-order valence-corrected chi connectivity index (χ3v) is 5.44. The van der Waals surface area contributed by atoms with Gasteiger partial charge in [-0.25, -0.2) is 18.0 Å². The van der Waals surface area contributed by atoms with Crippen LogP contribution in [0.2, 0.25) is 0 Å². The minimum absolute atomic E-state index is 0.0676. The zero-order valence-electron chi connectivity index (χ0n) is 18.8. The van der Waals surface area contributed by atoms with Crippen molar-refractivity contribution in [3.8, 4) is 0 Å². The zero-order chi connectivity index (χ0) is 24.9. The molecule has 10 heteroatoms. The molecule has 182 valence electrons. The lowest BCUT2D eigenvalue weighted by atomic mass is 9.87. The maximum Gasteiger partial charge on any atom is 0.407 e. The summed E-state index contributed by atoms with van der Waals surface area (Å²) in [6.07, 6.45) is -1.83. The first-order valence-electron chi connectivity index (χ1n) is 10.8. The van der Waals surface area contributed by atoms with Gasteiger partial charge in [0.25, 0.3) is 5.92 Å². The third kappa shape index (κ3) is 6.06. The highest BCUT2D eigenvalue weighted by Crippen LogP contribution is 2.38. The van der Waals surface area contributed by atoms with E-state index in [2.05, 4.69) is 10.6 Å². The van der Waals surface area contributed by atoms with Crippen LogP contribution in [-0.2, 0) is 14.3 Å². The lowest BCUT2D eigenvalue weighted by Crippen LogP contribution is -2.54. The van der Waals surface area contributed by atoms with Crippen LogP contribution in [0.15, 0.2) is 48.5 Å². The molecule has 7 nitrogen and oxygen atoms in total. The van der Waals surface area contributed by atoms with Gasteiger partial charge >= 0.3 is 6.09 Å². The fourth-order valence-electron chi connectivity index (χ4n) is 3.81. The molecule has 3 rings (SSSR count). The molecule has 0 aromatic heterocycles. The van der Waals surface area contributed by atoms with E-state index in [1.165, 1.54) is 18.2 Å². The van der Waals surface area contributed by atoms with Gasteiger partial charge in [0.05, 0.1) is 6.61 Å². The number of alkyl halides is 2. The Balaban J connectivity index is 2.00. The molecule has 1 saturated carbocycles. The van der Waals surface area contributed by atoms with Gasteiger partial charge in [-0.05, 0) is 43.2 Å². The van der Waals surface area contributed by atoms with Crippen molar-refractivity contribution in [2.75, 3.05) is 18.1 Å². The summed E-state index contributed by atoms with van der Waals surface area (Å²) < 4.78 is 45.6. The number of rotatable bonds is 8. The summed E-state index contributed by atoms with van der Waals surface area (Å²) in [5.74, 6) is -4.90. The summed E-state index contributed by atoms with van der Waals surface area (Å²) in [5, 5.41) is 4.89. The molecule has 1 aliphatic rings. The maximum absolute atomic E-state index is 14.1. The van der Waals surface area contributed by atoms with Crippen molar-refractivity contribution in [3.05, 3.63) is 65.5 Å². The molecule has 0 heterocycles. The number of anilines is 1. The second kappa shape index (κ2) is 10.6. The molecule has 0 bridgehead atoms. The Morgan fingerprint density at radius 3 is 2.47 bits per heavy atom. The van der Waals surface area contributed by atoms with Crippen LogP contribution >= 0.6 is 0 Å². The number of benzene rings is 2. The van der Waals surface area contributed by atoms with Gasteiger partial charge in [-0.15, -0.1) is 0 Å². The van der Waals surface area contributed by atoms with Gasteiger partial charge in [0.1, 0.15) is 18.4 Å². The minimum atomic E-state index is -2.85. The minimum Gasteiger partial charge on any atom is -0.450 e. The summed E-state index contributed by atoms with van der Waals surface area (Å²) in [5.41, 5.74) is 1.16. The highest BCUT2D eigenvalue weighted by Gasteiger charge is 2.47. The molecule has 1 atom stereocenters. The Hall–Kier alpha value is -3.56. The summed E-state index contributed by atoms with van der Waals surface area (Å²) in [6.45, 7) is 2.89. The predicted octanol–water partition coefficient (Wildman–Crippen LogP) is 3.87. The standard InChI is InChI=1S/C24H26F3N3O4/c1-3-34-23(33)28-14-20(31)30(18-9-6-8-16(25)11-18)21(19-10-5-4-7-15(19)2)22(32)29-17-12-24(26,27)13-17/h4-11,17,21H,3,12-14H2,1-2H3,(H,28,33)(H,29,32). The van der Waals surface area contributed by atoms with Crippen LogP contribution in [0.3, 0.4) is 0 Å². The molecule has 1 fully saturated rings. The molecule has 3 amide bonds. The van der Waals surface area contributed by atoms with E-state index in [1.54, 1.807) is 38.1 Å². The van der Waals surface area contributed by atoms with Crippen molar-refractivity contribution in [2.24, 2.45) is 0 Å². The molecule has 0 saturated heterocycles. The molecule has 2 N–H and O–H groups in total. The van der Waals surface area contributed by atoms with Crippen molar-refractivity contribution < 1.29 is 32.3 Å². The molecule has 0 radical (unpaired) electrons. The predicted molar refractivity (Wildman–Crippen MR) is 119 cm³/mol. The third-order valence-electron chi connectivity index (χ3n) is 5.44. The first kappa shape index (κ1) is 25.1. The van der Waals surface area contributed by atoms with E-state index in [0.717, 1.165) is 11.0 Å². The summed E-state index contributed by atoms with van der Waals surface area (Å²) in [6, 6.07) is 9.82. The van der Waals surface area contributed by atoms with Crippen molar-refractivity contribution in [2.45, 2.75) is 44.7 Å². The van der Waals surface area contributed by atoms with E-state index in [0.29, 0.717) is 11.1 Å². The highest BCUT2D eigenvalue weighted by atomic mass is 19.3.